The van der Waals surface area contributed by atoms with E-state index in [1.807, 2.05) is 0 Å². The number of carbonyl (C=O) groups is 3. The summed E-state index contributed by atoms with van der Waals surface area (Å²) in [5.74, 6) is -1.33. The lowest BCUT2D eigenvalue weighted by Crippen LogP contribution is -2.40. The van der Waals surface area contributed by atoms with Crippen LogP contribution in [0.25, 0.3) is 0 Å². The molecular weight excluding hydrogens is 564 g/mol. The molecular formula is C38H72N2O5. The second-order valence-electron chi connectivity index (χ2n) is 13.0. The summed E-state index contributed by atoms with van der Waals surface area (Å²) in [5, 5.41) is 11.9. The van der Waals surface area contributed by atoms with Gasteiger partial charge in [0.2, 0.25) is 5.91 Å². The summed E-state index contributed by atoms with van der Waals surface area (Å²) in [6, 6.07) is -0.866. The third-order valence-electron chi connectivity index (χ3n) is 8.57. The van der Waals surface area contributed by atoms with Crippen LogP contribution in [0.3, 0.4) is 0 Å². The highest BCUT2D eigenvalue weighted by atomic mass is 16.5. The van der Waals surface area contributed by atoms with Crippen molar-refractivity contribution in [2.45, 2.75) is 206 Å². The first-order valence-corrected chi connectivity index (χ1v) is 19.0. The number of esters is 1. The van der Waals surface area contributed by atoms with Crippen LogP contribution in [0.5, 0.6) is 0 Å². The van der Waals surface area contributed by atoms with E-state index < -0.39 is 12.0 Å². The van der Waals surface area contributed by atoms with Crippen molar-refractivity contribution in [3.8, 4) is 0 Å². The number of aliphatic carboxylic acids is 1. The molecule has 0 saturated carbocycles. The lowest BCUT2D eigenvalue weighted by atomic mass is 10.0. The molecule has 0 bridgehead atoms. The van der Waals surface area contributed by atoms with Gasteiger partial charge in [-0.25, -0.2) is 4.79 Å². The zero-order valence-corrected chi connectivity index (χ0v) is 29.5. The van der Waals surface area contributed by atoms with Gasteiger partial charge in [-0.05, 0) is 57.6 Å². The van der Waals surface area contributed by atoms with Gasteiger partial charge in [-0.1, -0.05) is 142 Å². The van der Waals surface area contributed by atoms with Crippen molar-refractivity contribution in [3.05, 3.63) is 12.2 Å². The Balaban J connectivity index is 4.01. The maximum atomic E-state index is 12.6. The normalized spacial score (nSPS) is 12.8. The first kappa shape index (κ1) is 43.1. The van der Waals surface area contributed by atoms with Gasteiger partial charge in [-0.15, -0.1) is 0 Å². The van der Waals surface area contributed by atoms with E-state index in [1.54, 1.807) is 0 Å². The number of allylic oxidation sites excluding steroid dienone is 1. The summed E-state index contributed by atoms with van der Waals surface area (Å²) >= 11 is 0. The van der Waals surface area contributed by atoms with Crippen molar-refractivity contribution >= 4 is 17.8 Å². The van der Waals surface area contributed by atoms with Gasteiger partial charge in [-0.2, -0.15) is 0 Å². The van der Waals surface area contributed by atoms with Gasteiger partial charge in [0.25, 0.3) is 0 Å². The summed E-state index contributed by atoms with van der Waals surface area (Å²) in [7, 11) is 0. The number of nitrogens with one attached hydrogen (secondary N) is 1. The minimum Gasteiger partial charge on any atom is -0.480 e. The number of rotatable bonds is 34. The molecule has 2 unspecified atom stereocenters. The van der Waals surface area contributed by atoms with Crippen molar-refractivity contribution < 1.29 is 24.2 Å². The molecule has 0 spiro atoms. The van der Waals surface area contributed by atoms with Crippen molar-refractivity contribution in [2.24, 2.45) is 5.73 Å². The molecule has 0 radical (unpaired) electrons. The van der Waals surface area contributed by atoms with Crippen LogP contribution in [0, 0.1) is 0 Å². The monoisotopic (exact) mass is 637 g/mol. The van der Waals surface area contributed by atoms with Crippen LogP contribution in [0.1, 0.15) is 194 Å². The summed E-state index contributed by atoms with van der Waals surface area (Å²) in [6.07, 6.45) is 34.4. The highest BCUT2D eigenvalue weighted by Gasteiger charge is 2.19. The Labute approximate surface area is 277 Å². The van der Waals surface area contributed by atoms with Gasteiger partial charge < -0.3 is 20.9 Å². The average molecular weight is 637 g/mol. The molecule has 0 aromatic heterocycles. The predicted octanol–water partition coefficient (Wildman–Crippen LogP) is 9.95. The number of carboxylic acids is 1. The quantitative estimate of drug-likeness (QED) is 0.0367. The van der Waals surface area contributed by atoms with Crippen LogP contribution >= 0.6 is 0 Å². The fourth-order valence-electron chi connectivity index (χ4n) is 5.64. The minimum absolute atomic E-state index is 0.0928. The maximum absolute atomic E-state index is 12.6. The molecule has 0 saturated heterocycles. The number of ether oxygens (including phenoxy) is 1. The van der Waals surface area contributed by atoms with E-state index in [9.17, 15) is 19.5 Å². The van der Waals surface area contributed by atoms with Gasteiger partial charge >= 0.3 is 11.9 Å². The van der Waals surface area contributed by atoms with Gasteiger partial charge in [0.05, 0.1) is 0 Å². The lowest BCUT2D eigenvalue weighted by molar-refractivity contribution is -0.147. The van der Waals surface area contributed by atoms with Crippen LogP contribution in [0.15, 0.2) is 12.2 Å². The largest absolute Gasteiger partial charge is 0.480 e. The number of nitrogens with two attached hydrogens (primary N) is 1. The third-order valence-corrected chi connectivity index (χ3v) is 8.57. The van der Waals surface area contributed by atoms with Crippen molar-refractivity contribution in [1.29, 1.82) is 0 Å². The highest BCUT2D eigenvalue weighted by molar-refractivity contribution is 5.83. The van der Waals surface area contributed by atoms with Crippen LogP contribution in [0.4, 0.5) is 0 Å². The number of carbonyl (C=O) groups excluding carboxylic acids is 2. The Morgan fingerprint density at radius 2 is 1.13 bits per heavy atom. The van der Waals surface area contributed by atoms with Crippen LogP contribution < -0.4 is 11.1 Å². The Morgan fingerprint density at radius 1 is 0.644 bits per heavy atom. The molecule has 0 fully saturated rings. The molecule has 0 aromatic carbocycles. The average Bonchev–Trinajstić information content (AvgIpc) is 3.02. The first-order chi connectivity index (χ1) is 21.9. The molecule has 264 valence electrons. The molecule has 45 heavy (non-hydrogen) atoms. The molecule has 0 aliphatic rings. The highest BCUT2D eigenvalue weighted by Crippen LogP contribution is 2.16. The van der Waals surface area contributed by atoms with E-state index in [4.69, 9.17) is 10.5 Å². The molecule has 7 heteroatoms. The van der Waals surface area contributed by atoms with Gasteiger partial charge in [0.15, 0.2) is 0 Å². The topological polar surface area (TPSA) is 119 Å². The van der Waals surface area contributed by atoms with E-state index in [2.05, 4.69) is 31.3 Å². The molecule has 4 N–H and O–H groups in total. The molecule has 7 nitrogen and oxygen atoms in total. The van der Waals surface area contributed by atoms with Gasteiger partial charge in [0, 0.05) is 12.8 Å². The molecule has 0 aliphatic heterocycles. The summed E-state index contributed by atoms with van der Waals surface area (Å²) in [6.45, 7) is 4.85. The number of unbranched alkanes of at least 4 members (excludes halogenated alkanes) is 20. The Hall–Kier alpha value is -1.89. The lowest BCUT2D eigenvalue weighted by Gasteiger charge is -2.15. The van der Waals surface area contributed by atoms with Gasteiger partial charge in [0.1, 0.15) is 12.1 Å². The van der Waals surface area contributed by atoms with Crippen LogP contribution in [-0.4, -0.2) is 41.6 Å². The van der Waals surface area contributed by atoms with Gasteiger partial charge in [-0.3, -0.25) is 9.59 Å². The summed E-state index contributed by atoms with van der Waals surface area (Å²) < 4.78 is 5.84. The Kier molecular flexibility index (Phi) is 32.1. The first-order valence-electron chi connectivity index (χ1n) is 19.0. The Bertz CT molecular complexity index is 727. The summed E-state index contributed by atoms with van der Waals surface area (Å²) in [5.41, 5.74) is 5.46. The number of hydrogen-bond acceptors (Lipinski definition) is 5. The molecule has 0 rings (SSSR count). The second kappa shape index (κ2) is 33.5. The Morgan fingerprint density at radius 3 is 1.64 bits per heavy atom. The van der Waals surface area contributed by atoms with Crippen molar-refractivity contribution in [2.75, 3.05) is 6.54 Å². The fraction of sp³-hybridized carbons (Fsp3) is 0.868. The number of amides is 1. The van der Waals surface area contributed by atoms with E-state index in [1.165, 1.54) is 89.9 Å². The van der Waals surface area contributed by atoms with E-state index in [0.717, 1.165) is 57.8 Å². The fourth-order valence-corrected chi connectivity index (χ4v) is 5.64. The smallest absolute Gasteiger partial charge is 0.326 e. The summed E-state index contributed by atoms with van der Waals surface area (Å²) in [4.78, 5) is 36.0. The predicted molar refractivity (Wildman–Crippen MR) is 188 cm³/mol. The van der Waals surface area contributed by atoms with Crippen LogP contribution in [-0.2, 0) is 19.1 Å². The molecule has 2 atom stereocenters. The molecule has 0 aliphatic carbocycles. The molecule has 0 heterocycles. The number of carboxylic acid groups (broad SMARTS) is 1. The van der Waals surface area contributed by atoms with Crippen LogP contribution in [0.2, 0.25) is 0 Å². The second-order valence-corrected chi connectivity index (χ2v) is 13.0. The molecule has 1 amide bonds. The number of hydrogen-bond donors (Lipinski definition) is 3. The van der Waals surface area contributed by atoms with Crippen molar-refractivity contribution in [3.63, 3.8) is 0 Å². The van der Waals surface area contributed by atoms with E-state index in [-0.39, 0.29) is 18.0 Å². The SMILES string of the molecule is CCCC/C=C\C(CCCCCCC(=O)NC(CCCN)C(=O)O)OC(=O)CCCCCCCCCCCCCCCCCC. The molecule has 0 aromatic rings. The van der Waals surface area contributed by atoms with Crippen molar-refractivity contribution in [1.82, 2.24) is 5.32 Å². The van der Waals surface area contributed by atoms with E-state index >= 15 is 0 Å². The minimum atomic E-state index is -1.01. The maximum Gasteiger partial charge on any atom is 0.326 e. The van der Waals surface area contributed by atoms with E-state index in [0.29, 0.717) is 38.6 Å². The zero-order valence-electron chi connectivity index (χ0n) is 29.5. The zero-order chi connectivity index (χ0) is 33.2. The third kappa shape index (κ3) is 30.5. The standard InChI is InChI=1S/C38H72N2O5/c1-3-5-7-9-10-11-12-13-14-15-16-17-18-19-20-26-32-37(42)45-34(28-23-8-6-4-2)29-24-21-22-25-31-36(41)40-35(38(43)44)30-27-33-39/h23,28,34-35H,3-22,24-27,29-33,39H2,1-2H3,(H,40,41)(H,43,44)/b28-23-.